The molecule has 18 heavy (non-hydrogen) atoms. The van der Waals surface area contributed by atoms with Crippen molar-refractivity contribution in [2.75, 3.05) is 13.6 Å². The summed E-state index contributed by atoms with van der Waals surface area (Å²) in [5.41, 5.74) is 1.37. The maximum absolute atomic E-state index is 10.3. The molecule has 0 amide bonds. The van der Waals surface area contributed by atoms with E-state index in [0.29, 0.717) is 6.04 Å². The Morgan fingerprint density at radius 3 is 2.61 bits per heavy atom. The molecule has 1 aliphatic carbocycles. The Morgan fingerprint density at radius 2 is 2.06 bits per heavy atom. The van der Waals surface area contributed by atoms with Gasteiger partial charge in [-0.3, -0.25) is 4.98 Å². The Labute approximate surface area is 110 Å². The minimum absolute atomic E-state index is 0.0651. The lowest BCUT2D eigenvalue weighted by atomic mass is 9.88. The van der Waals surface area contributed by atoms with Crippen molar-refractivity contribution in [2.45, 2.75) is 45.3 Å². The quantitative estimate of drug-likeness (QED) is 0.886. The summed E-state index contributed by atoms with van der Waals surface area (Å²) in [4.78, 5) is 6.33. The first-order valence-electron chi connectivity index (χ1n) is 6.78. The summed E-state index contributed by atoms with van der Waals surface area (Å²) in [6, 6.07) is 4.42. The third-order valence-corrected chi connectivity index (χ3v) is 4.32. The first-order chi connectivity index (χ1) is 8.50. The van der Waals surface area contributed by atoms with Gasteiger partial charge in [-0.25, -0.2) is 0 Å². The fourth-order valence-corrected chi connectivity index (χ4v) is 2.83. The van der Waals surface area contributed by atoms with Crippen LogP contribution in [0.4, 0.5) is 0 Å². The van der Waals surface area contributed by atoms with Crippen molar-refractivity contribution >= 4 is 0 Å². The molecule has 0 radical (unpaired) electrons. The van der Waals surface area contributed by atoms with E-state index in [1.807, 2.05) is 12.4 Å². The van der Waals surface area contributed by atoms with E-state index in [1.54, 1.807) is 0 Å². The van der Waals surface area contributed by atoms with Gasteiger partial charge in [0.2, 0.25) is 0 Å². The van der Waals surface area contributed by atoms with Crippen molar-refractivity contribution in [3.8, 4) is 0 Å². The Bertz CT molecular complexity index is 377. The summed E-state index contributed by atoms with van der Waals surface area (Å²) in [6.45, 7) is 5.31. The van der Waals surface area contributed by atoms with E-state index in [-0.39, 0.29) is 11.5 Å². The normalized spacial score (nSPS) is 26.7. The van der Waals surface area contributed by atoms with Crippen molar-refractivity contribution in [2.24, 2.45) is 5.41 Å². The molecule has 0 aromatic carbocycles. The topological polar surface area (TPSA) is 36.4 Å². The van der Waals surface area contributed by atoms with E-state index in [1.165, 1.54) is 5.56 Å². The highest BCUT2D eigenvalue weighted by Crippen LogP contribution is 2.39. The molecule has 2 rings (SSSR count). The standard InChI is InChI=1S/C15H24N2O/c1-15(2)8-4-13(14(15)18)17(3)11-7-12-5-9-16-10-6-12/h5-6,9-10,13-14,18H,4,7-8,11H2,1-3H3. The number of rotatable bonds is 4. The molecule has 0 spiro atoms. The molecular weight excluding hydrogens is 224 g/mol. The summed E-state index contributed by atoms with van der Waals surface area (Å²) >= 11 is 0. The van der Waals surface area contributed by atoms with Gasteiger partial charge in [-0.05, 0) is 49.4 Å². The summed E-state index contributed by atoms with van der Waals surface area (Å²) in [5.74, 6) is 0. The van der Waals surface area contributed by atoms with Gasteiger partial charge in [0.05, 0.1) is 6.10 Å². The maximum Gasteiger partial charge on any atom is 0.0746 e. The van der Waals surface area contributed by atoms with Gasteiger partial charge in [0.25, 0.3) is 0 Å². The molecule has 1 aliphatic rings. The minimum atomic E-state index is -0.208. The molecule has 1 saturated carbocycles. The van der Waals surface area contributed by atoms with Gasteiger partial charge < -0.3 is 10.0 Å². The number of nitrogens with zero attached hydrogens (tertiary/aromatic N) is 2. The number of aliphatic hydroxyl groups is 1. The van der Waals surface area contributed by atoms with Crippen LogP contribution in [-0.4, -0.2) is 40.7 Å². The van der Waals surface area contributed by atoms with Gasteiger partial charge in [-0.1, -0.05) is 13.8 Å². The number of pyridine rings is 1. The predicted molar refractivity (Wildman–Crippen MR) is 73.4 cm³/mol. The minimum Gasteiger partial charge on any atom is -0.391 e. The lowest BCUT2D eigenvalue weighted by Crippen LogP contribution is -2.42. The van der Waals surface area contributed by atoms with Crippen LogP contribution >= 0.6 is 0 Å². The zero-order valence-electron chi connectivity index (χ0n) is 11.6. The van der Waals surface area contributed by atoms with E-state index in [0.717, 1.165) is 25.8 Å². The highest BCUT2D eigenvalue weighted by molar-refractivity contribution is 5.10. The molecule has 0 aliphatic heterocycles. The van der Waals surface area contributed by atoms with Crippen molar-refractivity contribution in [1.29, 1.82) is 0 Å². The van der Waals surface area contributed by atoms with Crippen LogP contribution in [0.1, 0.15) is 32.3 Å². The first kappa shape index (κ1) is 13.5. The van der Waals surface area contributed by atoms with Crippen LogP contribution in [0.25, 0.3) is 0 Å². The summed E-state index contributed by atoms with van der Waals surface area (Å²) < 4.78 is 0. The average molecular weight is 248 g/mol. The summed E-state index contributed by atoms with van der Waals surface area (Å²) in [7, 11) is 2.12. The molecule has 0 saturated heterocycles. The Kier molecular flexibility index (Phi) is 4.03. The van der Waals surface area contributed by atoms with Gasteiger partial charge in [-0.15, -0.1) is 0 Å². The number of hydrogen-bond acceptors (Lipinski definition) is 3. The van der Waals surface area contributed by atoms with Gasteiger partial charge >= 0.3 is 0 Å². The van der Waals surface area contributed by atoms with Crippen molar-refractivity contribution in [3.63, 3.8) is 0 Å². The zero-order valence-corrected chi connectivity index (χ0v) is 11.6. The van der Waals surface area contributed by atoms with Crippen molar-refractivity contribution in [1.82, 2.24) is 9.88 Å². The summed E-state index contributed by atoms with van der Waals surface area (Å²) in [5, 5.41) is 10.3. The van der Waals surface area contributed by atoms with Gasteiger partial charge in [0.1, 0.15) is 0 Å². The molecule has 0 bridgehead atoms. The largest absolute Gasteiger partial charge is 0.391 e. The molecular formula is C15H24N2O. The summed E-state index contributed by atoms with van der Waals surface area (Å²) in [6.07, 6.45) is 6.69. The monoisotopic (exact) mass is 248 g/mol. The molecule has 1 aromatic rings. The molecule has 3 heteroatoms. The zero-order chi connectivity index (χ0) is 13.2. The van der Waals surface area contributed by atoms with E-state index in [4.69, 9.17) is 0 Å². The van der Waals surface area contributed by atoms with Gasteiger partial charge in [0.15, 0.2) is 0 Å². The third kappa shape index (κ3) is 2.90. The molecule has 100 valence electrons. The van der Waals surface area contributed by atoms with E-state index >= 15 is 0 Å². The molecule has 2 atom stereocenters. The Morgan fingerprint density at radius 1 is 1.39 bits per heavy atom. The predicted octanol–water partition coefficient (Wildman–Crippen LogP) is 2.11. The molecule has 3 nitrogen and oxygen atoms in total. The van der Waals surface area contributed by atoms with Crippen LogP contribution < -0.4 is 0 Å². The number of likely N-dealkylation sites (N-methyl/N-ethyl adjacent to an activating group) is 1. The number of hydrogen-bond donors (Lipinski definition) is 1. The lowest BCUT2D eigenvalue weighted by Gasteiger charge is -2.31. The van der Waals surface area contributed by atoms with Crippen LogP contribution in [0, 0.1) is 5.41 Å². The molecule has 1 fully saturated rings. The average Bonchev–Trinajstić information content (AvgIpc) is 2.63. The van der Waals surface area contributed by atoms with Crippen LogP contribution in [0.3, 0.4) is 0 Å². The second-order valence-electron chi connectivity index (χ2n) is 6.13. The molecule has 1 heterocycles. The van der Waals surface area contributed by atoms with Crippen LogP contribution in [0.5, 0.6) is 0 Å². The van der Waals surface area contributed by atoms with E-state index in [2.05, 4.69) is 42.9 Å². The maximum atomic E-state index is 10.3. The lowest BCUT2D eigenvalue weighted by molar-refractivity contribution is 0.0236. The Hall–Kier alpha value is -0.930. The van der Waals surface area contributed by atoms with Crippen molar-refractivity contribution < 1.29 is 5.11 Å². The number of aliphatic hydroxyl groups excluding tert-OH is 1. The van der Waals surface area contributed by atoms with E-state index in [9.17, 15) is 5.11 Å². The SMILES string of the molecule is CN(CCc1ccncc1)C1CCC(C)(C)C1O. The van der Waals surface area contributed by atoms with Crippen molar-refractivity contribution in [3.05, 3.63) is 30.1 Å². The van der Waals surface area contributed by atoms with Gasteiger partial charge in [-0.2, -0.15) is 0 Å². The smallest absolute Gasteiger partial charge is 0.0746 e. The highest BCUT2D eigenvalue weighted by atomic mass is 16.3. The fraction of sp³-hybridized carbons (Fsp3) is 0.667. The van der Waals surface area contributed by atoms with Crippen LogP contribution in [-0.2, 0) is 6.42 Å². The van der Waals surface area contributed by atoms with E-state index < -0.39 is 0 Å². The first-order valence-corrected chi connectivity index (χ1v) is 6.78. The molecule has 1 N–H and O–H groups in total. The molecule has 1 aromatic heterocycles. The fourth-order valence-electron chi connectivity index (χ4n) is 2.83. The van der Waals surface area contributed by atoms with Crippen LogP contribution in [0.2, 0.25) is 0 Å². The highest BCUT2D eigenvalue weighted by Gasteiger charge is 2.42. The molecule has 2 unspecified atom stereocenters. The second-order valence-corrected chi connectivity index (χ2v) is 6.13. The van der Waals surface area contributed by atoms with Crippen LogP contribution in [0.15, 0.2) is 24.5 Å². The van der Waals surface area contributed by atoms with Gasteiger partial charge in [0, 0.05) is 25.0 Å². The second kappa shape index (κ2) is 5.37. The third-order valence-electron chi connectivity index (χ3n) is 4.32. The Balaban J connectivity index is 1.88. The number of aromatic nitrogens is 1.